The average molecular weight is 222 g/mol. The number of carbonyl (C=O) groups excluding carboxylic acids is 2. The molecule has 0 aromatic heterocycles. The number of hydrogen-bond donors (Lipinski definition) is 0. The van der Waals surface area contributed by atoms with Gasteiger partial charge in [0.25, 0.3) is 0 Å². The molecule has 88 valence electrons. The second-order valence-electron chi connectivity index (χ2n) is 5.68. The monoisotopic (exact) mass is 222 g/mol. The van der Waals surface area contributed by atoms with E-state index in [1.54, 1.807) is 6.08 Å². The molecule has 2 aliphatic rings. The van der Waals surface area contributed by atoms with Crippen molar-refractivity contribution >= 4 is 11.8 Å². The van der Waals surface area contributed by atoms with E-state index in [0.29, 0.717) is 6.42 Å². The second-order valence-corrected chi connectivity index (χ2v) is 5.68. The van der Waals surface area contributed by atoms with Gasteiger partial charge >= 0.3 is 5.97 Å². The number of allylic oxidation sites excluding steroid dienone is 2. The predicted molar refractivity (Wildman–Crippen MR) is 59.7 cm³/mol. The Morgan fingerprint density at radius 1 is 1.44 bits per heavy atom. The zero-order valence-electron chi connectivity index (χ0n) is 10.1. The fourth-order valence-corrected chi connectivity index (χ4v) is 2.65. The first kappa shape index (κ1) is 11.4. The summed E-state index contributed by atoms with van der Waals surface area (Å²) in [6.45, 7) is 4.21. The molecule has 3 heteroatoms. The molecule has 0 radical (unpaired) electrons. The number of esters is 1. The minimum absolute atomic E-state index is 0.00190. The van der Waals surface area contributed by atoms with Gasteiger partial charge in [0, 0.05) is 6.42 Å². The van der Waals surface area contributed by atoms with Crippen molar-refractivity contribution in [2.75, 3.05) is 7.11 Å². The molecule has 0 bridgehead atoms. The molecule has 1 saturated carbocycles. The normalized spacial score (nSPS) is 31.9. The molecule has 0 spiro atoms. The Morgan fingerprint density at radius 3 is 2.69 bits per heavy atom. The quantitative estimate of drug-likeness (QED) is 0.672. The maximum atomic E-state index is 11.6. The van der Waals surface area contributed by atoms with E-state index in [0.717, 1.165) is 18.4 Å². The summed E-state index contributed by atoms with van der Waals surface area (Å²) in [5, 5.41) is 0. The number of rotatable bonds is 2. The Bertz CT molecular complexity index is 365. The van der Waals surface area contributed by atoms with Crippen molar-refractivity contribution in [3.8, 4) is 0 Å². The summed E-state index contributed by atoms with van der Waals surface area (Å²) in [7, 11) is 1.42. The molecule has 0 aliphatic heterocycles. The molecule has 0 heterocycles. The lowest BCUT2D eigenvalue weighted by molar-refractivity contribution is -0.142. The fraction of sp³-hybridized carbons (Fsp3) is 0.692. The van der Waals surface area contributed by atoms with Crippen LogP contribution in [-0.4, -0.2) is 18.9 Å². The molecule has 16 heavy (non-hydrogen) atoms. The minimum Gasteiger partial charge on any atom is -0.469 e. The maximum absolute atomic E-state index is 11.6. The van der Waals surface area contributed by atoms with Crippen LogP contribution >= 0.6 is 0 Å². The van der Waals surface area contributed by atoms with Crippen molar-refractivity contribution in [3.63, 3.8) is 0 Å². The van der Waals surface area contributed by atoms with Gasteiger partial charge in [0.15, 0.2) is 5.78 Å². The highest BCUT2D eigenvalue weighted by atomic mass is 16.5. The Morgan fingerprint density at radius 2 is 2.12 bits per heavy atom. The zero-order valence-corrected chi connectivity index (χ0v) is 10.1. The van der Waals surface area contributed by atoms with E-state index >= 15 is 0 Å². The molecule has 2 aliphatic carbocycles. The largest absolute Gasteiger partial charge is 0.469 e. The molecule has 0 aromatic rings. The van der Waals surface area contributed by atoms with Crippen LogP contribution in [0.25, 0.3) is 0 Å². The van der Waals surface area contributed by atoms with Crippen molar-refractivity contribution in [2.45, 2.75) is 33.1 Å². The highest BCUT2D eigenvalue weighted by Crippen LogP contribution is 2.50. The van der Waals surface area contributed by atoms with Gasteiger partial charge in [-0.25, -0.2) is 0 Å². The van der Waals surface area contributed by atoms with Crippen LogP contribution in [0.4, 0.5) is 0 Å². The molecule has 2 atom stereocenters. The molecule has 0 unspecified atom stereocenters. The van der Waals surface area contributed by atoms with E-state index in [-0.39, 0.29) is 29.0 Å². The van der Waals surface area contributed by atoms with Gasteiger partial charge in [-0.2, -0.15) is 0 Å². The van der Waals surface area contributed by atoms with E-state index in [1.165, 1.54) is 7.11 Å². The van der Waals surface area contributed by atoms with Gasteiger partial charge in [-0.1, -0.05) is 19.4 Å². The summed E-state index contributed by atoms with van der Waals surface area (Å²) in [6.07, 6.45) is 4.14. The van der Waals surface area contributed by atoms with Crippen molar-refractivity contribution < 1.29 is 14.3 Å². The Balaban J connectivity index is 2.07. The standard InChI is InChI=1S/C13H18O3/c1-13(2)6-8(4-9(14)7-13)10-5-11(10)12(15)16-3/h4,10-11H,5-7H2,1-3H3/t10-,11-/m0/s1. The third-order valence-electron chi connectivity index (χ3n) is 3.45. The number of ether oxygens (including phenoxy) is 1. The number of hydrogen-bond acceptors (Lipinski definition) is 3. The summed E-state index contributed by atoms with van der Waals surface area (Å²) < 4.78 is 4.72. The molecular formula is C13H18O3. The van der Waals surface area contributed by atoms with E-state index < -0.39 is 0 Å². The van der Waals surface area contributed by atoms with E-state index in [9.17, 15) is 9.59 Å². The lowest BCUT2D eigenvalue weighted by atomic mass is 9.75. The van der Waals surface area contributed by atoms with Crippen LogP contribution in [0.3, 0.4) is 0 Å². The third-order valence-corrected chi connectivity index (χ3v) is 3.45. The lowest BCUT2D eigenvalue weighted by Crippen LogP contribution is -2.23. The molecule has 0 aromatic carbocycles. The molecule has 1 fully saturated rings. The first-order chi connectivity index (χ1) is 7.43. The van der Waals surface area contributed by atoms with Crippen LogP contribution in [-0.2, 0) is 14.3 Å². The first-order valence-electron chi connectivity index (χ1n) is 5.74. The van der Waals surface area contributed by atoms with Gasteiger partial charge in [-0.3, -0.25) is 9.59 Å². The molecule has 0 saturated heterocycles. The van der Waals surface area contributed by atoms with Gasteiger partial charge in [0.2, 0.25) is 0 Å². The van der Waals surface area contributed by atoms with E-state index in [1.807, 2.05) is 0 Å². The van der Waals surface area contributed by atoms with Gasteiger partial charge in [0.05, 0.1) is 13.0 Å². The van der Waals surface area contributed by atoms with Gasteiger partial charge in [0.1, 0.15) is 0 Å². The van der Waals surface area contributed by atoms with Crippen molar-refractivity contribution in [3.05, 3.63) is 11.6 Å². The Hall–Kier alpha value is -1.12. The molecule has 3 nitrogen and oxygen atoms in total. The summed E-state index contributed by atoms with van der Waals surface area (Å²) in [6, 6.07) is 0. The maximum Gasteiger partial charge on any atom is 0.309 e. The number of ketones is 1. The number of carbonyl (C=O) groups is 2. The van der Waals surface area contributed by atoms with Crippen molar-refractivity contribution in [1.29, 1.82) is 0 Å². The predicted octanol–water partition coefficient (Wildman–Crippen LogP) is 2.11. The molecule has 2 rings (SSSR count). The van der Waals surface area contributed by atoms with E-state index in [4.69, 9.17) is 4.74 Å². The van der Waals surface area contributed by atoms with Crippen molar-refractivity contribution in [1.82, 2.24) is 0 Å². The second kappa shape index (κ2) is 3.72. The highest BCUT2D eigenvalue weighted by Gasteiger charge is 2.48. The van der Waals surface area contributed by atoms with Gasteiger partial charge in [-0.05, 0) is 30.3 Å². The topological polar surface area (TPSA) is 43.4 Å². The van der Waals surface area contributed by atoms with Gasteiger partial charge < -0.3 is 4.74 Å². The summed E-state index contributed by atoms with van der Waals surface area (Å²) in [5.41, 5.74) is 1.20. The minimum atomic E-state index is -0.137. The first-order valence-corrected chi connectivity index (χ1v) is 5.74. The number of methoxy groups -OCH3 is 1. The van der Waals surface area contributed by atoms with Crippen LogP contribution in [0.5, 0.6) is 0 Å². The average Bonchev–Trinajstić information content (AvgIpc) is 2.92. The SMILES string of the molecule is COC(=O)[C@H]1C[C@H]1C1=CC(=O)CC(C)(C)C1. The Kier molecular flexibility index (Phi) is 2.64. The van der Waals surface area contributed by atoms with Crippen LogP contribution in [0.1, 0.15) is 33.1 Å². The summed E-state index contributed by atoms with van der Waals surface area (Å²) >= 11 is 0. The molecule has 0 amide bonds. The third kappa shape index (κ3) is 2.18. The van der Waals surface area contributed by atoms with Crippen LogP contribution in [0, 0.1) is 17.3 Å². The fourth-order valence-electron chi connectivity index (χ4n) is 2.65. The van der Waals surface area contributed by atoms with Crippen LogP contribution < -0.4 is 0 Å². The van der Waals surface area contributed by atoms with Gasteiger partial charge in [-0.15, -0.1) is 0 Å². The van der Waals surface area contributed by atoms with Crippen LogP contribution in [0.15, 0.2) is 11.6 Å². The highest BCUT2D eigenvalue weighted by molar-refractivity contribution is 5.92. The summed E-state index contributed by atoms with van der Waals surface area (Å²) in [5.74, 6) is 0.317. The molecule has 0 N–H and O–H groups in total. The summed E-state index contributed by atoms with van der Waals surface area (Å²) in [4.78, 5) is 22.9. The smallest absolute Gasteiger partial charge is 0.309 e. The van der Waals surface area contributed by atoms with E-state index in [2.05, 4.69) is 13.8 Å². The van der Waals surface area contributed by atoms with Crippen molar-refractivity contribution in [2.24, 2.45) is 17.3 Å². The lowest BCUT2D eigenvalue weighted by Gasteiger charge is -2.29. The Labute approximate surface area is 95.9 Å². The zero-order chi connectivity index (χ0) is 11.9. The van der Waals surface area contributed by atoms with Crippen LogP contribution in [0.2, 0.25) is 0 Å². The molecular weight excluding hydrogens is 204 g/mol.